The zero-order valence-electron chi connectivity index (χ0n) is 7.67. The number of hydrogen-bond donors (Lipinski definition) is 0. The molecule has 75 valence electrons. The standard InChI is InChI=1S/C9H14F2NO/c1-2-7-3-5-12(6-4-7)9(13)8(10)11/h2,7-8H,3-6H2,1H3. The van der Waals surface area contributed by atoms with Gasteiger partial charge in [0.1, 0.15) is 0 Å². The van der Waals surface area contributed by atoms with Crippen LogP contribution < -0.4 is 0 Å². The molecular formula is C9H14F2NO. The second-order valence-corrected chi connectivity index (χ2v) is 3.30. The van der Waals surface area contributed by atoms with Crippen molar-refractivity contribution in [1.82, 2.24) is 4.90 Å². The fraction of sp³-hybridized carbons (Fsp3) is 0.778. The first-order valence-electron chi connectivity index (χ1n) is 4.51. The lowest BCUT2D eigenvalue weighted by molar-refractivity contribution is -0.144. The van der Waals surface area contributed by atoms with Crippen LogP contribution in [0.5, 0.6) is 0 Å². The first kappa shape index (κ1) is 10.4. The van der Waals surface area contributed by atoms with Crippen molar-refractivity contribution < 1.29 is 13.6 Å². The van der Waals surface area contributed by atoms with Crippen molar-refractivity contribution in [2.45, 2.75) is 26.2 Å². The molecule has 0 saturated carbocycles. The van der Waals surface area contributed by atoms with Gasteiger partial charge in [-0.3, -0.25) is 4.79 Å². The van der Waals surface area contributed by atoms with E-state index in [1.165, 1.54) is 4.90 Å². The van der Waals surface area contributed by atoms with E-state index in [-0.39, 0.29) is 0 Å². The fourth-order valence-corrected chi connectivity index (χ4v) is 1.59. The van der Waals surface area contributed by atoms with Crippen LogP contribution in [-0.2, 0) is 4.79 Å². The van der Waals surface area contributed by atoms with Crippen LogP contribution in [0, 0.1) is 12.3 Å². The molecule has 0 atom stereocenters. The Morgan fingerprint density at radius 2 is 2.00 bits per heavy atom. The van der Waals surface area contributed by atoms with Crippen molar-refractivity contribution in [3.8, 4) is 0 Å². The Bertz CT molecular complexity index is 176. The summed E-state index contributed by atoms with van der Waals surface area (Å²) in [6.07, 6.45) is 0.857. The highest BCUT2D eigenvalue weighted by Crippen LogP contribution is 2.20. The maximum atomic E-state index is 12.0. The van der Waals surface area contributed by atoms with E-state index in [1.54, 1.807) is 0 Å². The third-order valence-corrected chi connectivity index (χ3v) is 2.51. The summed E-state index contributed by atoms with van der Waals surface area (Å²) < 4.78 is 24.0. The highest BCUT2D eigenvalue weighted by atomic mass is 19.3. The molecule has 0 aromatic heterocycles. The lowest BCUT2D eigenvalue weighted by Gasteiger charge is -2.31. The van der Waals surface area contributed by atoms with Gasteiger partial charge in [-0.05, 0) is 25.2 Å². The zero-order valence-corrected chi connectivity index (χ0v) is 7.67. The SMILES string of the molecule is C[CH]C1CCN(C(=O)C(F)F)CC1. The molecule has 1 rings (SSSR count). The van der Waals surface area contributed by atoms with Crippen molar-refractivity contribution in [2.24, 2.45) is 5.92 Å². The first-order chi connectivity index (χ1) is 6.15. The van der Waals surface area contributed by atoms with Gasteiger partial charge in [0.2, 0.25) is 0 Å². The second-order valence-electron chi connectivity index (χ2n) is 3.30. The summed E-state index contributed by atoms with van der Waals surface area (Å²) in [6, 6.07) is 0. The van der Waals surface area contributed by atoms with Crippen molar-refractivity contribution >= 4 is 5.91 Å². The normalized spacial score (nSPS) is 19.5. The van der Waals surface area contributed by atoms with Crippen LogP contribution in [0.2, 0.25) is 0 Å². The Labute approximate surface area is 76.9 Å². The third kappa shape index (κ3) is 2.64. The number of piperidine rings is 1. The van der Waals surface area contributed by atoms with Gasteiger partial charge in [-0.15, -0.1) is 0 Å². The monoisotopic (exact) mass is 190 g/mol. The fourth-order valence-electron chi connectivity index (χ4n) is 1.59. The highest BCUT2D eigenvalue weighted by Gasteiger charge is 2.26. The Morgan fingerprint density at radius 1 is 1.46 bits per heavy atom. The summed E-state index contributed by atoms with van der Waals surface area (Å²) in [4.78, 5) is 12.1. The summed E-state index contributed by atoms with van der Waals surface area (Å²) in [5, 5.41) is 0. The molecule has 13 heavy (non-hydrogen) atoms. The van der Waals surface area contributed by atoms with E-state index in [0.29, 0.717) is 19.0 Å². The minimum absolute atomic E-state index is 0.470. The van der Waals surface area contributed by atoms with Gasteiger partial charge >= 0.3 is 6.43 Å². The van der Waals surface area contributed by atoms with Gasteiger partial charge in [0.25, 0.3) is 5.91 Å². The van der Waals surface area contributed by atoms with E-state index >= 15 is 0 Å². The number of amides is 1. The molecule has 2 nitrogen and oxygen atoms in total. The number of hydrogen-bond acceptors (Lipinski definition) is 1. The van der Waals surface area contributed by atoms with E-state index in [2.05, 4.69) is 6.42 Å². The molecule has 1 fully saturated rings. The smallest absolute Gasteiger partial charge is 0.315 e. The molecule has 0 N–H and O–H groups in total. The lowest BCUT2D eigenvalue weighted by atomic mass is 9.94. The van der Waals surface area contributed by atoms with Gasteiger partial charge in [0, 0.05) is 13.1 Å². The molecule has 1 aliphatic rings. The predicted molar refractivity (Wildman–Crippen MR) is 45.3 cm³/mol. The number of nitrogens with zero attached hydrogens (tertiary/aromatic N) is 1. The lowest BCUT2D eigenvalue weighted by Crippen LogP contribution is -2.41. The average molecular weight is 190 g/mol. The number of carbonyl (C=O) groups is 1. The molecule has 1 radical (unpaired) electrons. The van der Waals surface area contributed by atoms with Crippen molar-refractivity contribution in [2.75, 3.05) is 13.1 Å². The molecule has 1 aliphatic heterocycles. The van der Waals surface area contributed by atoms with Gasteiger partial charge in [-0.1, -0.05) is 6.92 Å². The van der Waals surface area contributed by atoms with Crippen molar-refractivity contribution in [1.29, 1.82) is 0 Å². The molecule has 0 aliphatic carbocycles. The molecular weight excluding hydrogens is 176 g/mol. The predicted octanol–water partition coefficient (Wildman–Crippen LogP) is 1.71. The molecule has 0 aromatic rings. The quantitative estimate of drug-likeness (QED) is 0.649. The van der Waals surface area contributed by atoms with E-state index < -0.39 is 12.3 Å². The number of alkyl halides is 2. The summed E-state index contributed by atoms with van der Waals surface area (Å²) in [7, 11) is 0. The molecule has 0 unspecified atom stereocenters. The van der Waals surface area contributed by atoms with Gasteiger partial charge in [0.05, 0.1) is 0 Å². The minimum atomic E-state index is -2.85. The third-order valence-electron chi connectivity index (χ3n) is 2.51. The Balaban J connectivity index is 2.36. The Hall–Kier alpha value is -0.670. The van der Waals surface area contributed by atoms with Gasteiger partial charge in [-0.25, -0.2) is 0 Å². The maximum Gasteiger partial charge on any atom is 0.315 e. The largest absolute Gasteiger partial charge is 0.338 e. The number of halogens is 2. The van der Waals surface area contributed by atoms with Crippen LogP contribution in [0.1, 0.15) is 19.8 Å². The van der Waals surface area contributed by atoms with Crippen molar-refractivity contribution in [3.05, 3.63) is 6.42 Å². The minimum Gasteiger partial charge on any atom is -0.338 e. The number of carbonyl (C=O) groups excluding carboxylic acids is 1. The van der Waals surface area contributed by atoms with Gasteiger partial charge < -0.3 is 4.90 Å². The van der Waals surface area contributed by atoms with Crippen molar-refractivity contribution in [3.63, 3.8) is 0 Å². The molecule has 1 amide bonds. The van der Waals surface area contributed by atoms with Crippen LogP contribution in [0.25, 0.3) is 0 Å². The Morgan fingerprint density at radius 3 is 2.38 bits per heavy atom. The highest BCUT2D eigenvalue weighted by molar-refractivity contribution is 5.79. The van der Waals surface area contributed by atoms with E-state index in [9.17, 15) is 13.6 Å². The number of rotatable bonds is 2. The van der Waals surface area contributed by atoms with Crippen LogP contribution in [-0.4, -0.2) is 30.3 Å². The van der Waals surface area contributed by atoms with Crippen LogP contribution in [0.4, 0.5) is 8.78 Å². The summed E-state index contributed by atoms with van der Waals surface area (Å²) >= 11 is 0. The van der Waals surface area contributed by atoms with E-state index in [0.717, 1.165) is 12.8 Å². The Kier molecular flexibility index (Phi) is 3.63. The molecule has 4 heteroatoms. The van der Waals surface area contributed by atoms with Gasteiger partial charge in [-0.2, -0.15) is 8.78 Å². The average Bonchev–Trinajstić information content (AvgIpc) is 2.17. The topological polar surface area (TPSA) is 20.3 Å². The van der Waals surface area contributed by atoms with E-state index in [4.69, 9.17) is 0 Å². The van der Waals surface area contributed by atoms with Crippen LogP contribution in [0.15, 0.2) is 0 Å². The van der Waals surface area contributed by atoms with Crippen LogP contribution in [0.3, 0.4) is 0 Å². The molecule has 0 bridgehead atoms. The van der Waals surface area contributed by atoms with Gasteiger partial charge in [0.15, 0.2) is 0 Å². The van der Waals surface area contributed by atoms with Crippen LogP contribution >= 0.6 is 0 Å². The summed E-state index contributed by atoms with van der Waals surface area (Å²) in [5.74, 6) is -0.531. The molecule has 0 aromatic carbocycles. The molecule has 0 spiro atoms. The molecule has 1 heterocycles. The first-order valence-corrected chi connectivity index (χ1v) is 4.51. The number of likely N-dealkylation sites (tertiary alicyclic amines) is 1. The molecule has 1 saturated heterocycles. The summed E-state index contributed by atoms with van der Waals surface area (Å²) in [6.45, 7) is 2.91. The maximum absolute atomic E-state index is 12.0. The van der Waals surface area contributed by atoms with E-state index in [1.807, 2.05) is 6.92 Å². The zero-order chi connectivity index (χ0) is 9.84. The summed E-state index contributed by atoms with van der Waals surface area (Å²) in [5.41, 5.74) is 0. The second kappa shape index (κ2) is 4.53.